The maximum atomic E-state index is 12.7. The smallest absolute Gasteiger partial charge is 0.307 e. The number of esters is 2. The first-order chi connectivity index (χ1) is 17.1. The molecule has 0 amide bonds. The average molecular weight is 504 g/mol. The molecule has 0 saturated heterocycles. The summed E-state index contributed by atoms with van der Waals surface area (Å²) in [5.74, 6) is 2.42. The topological polar surface area (TPSA) is 64.6 Å². The molecule has 4 aliphatic carbocycles. The van der Waals surface area contributed by atoms with Gasteiger partial charge in [0, 0.05) is 24.7 Å². The summed E-state index contributed by atoms with van der Waals surface area (Å²) in [6.45, 7) is 14.1. The maximum absolute atomic E-state index is 12.7. The van der Waals surface area contributed by atoms with E-state index in [1.165, 1.54) is 38.5 Å². The molecule has 4 aliphatic rings. The van der Waals surface area contributed by atoms with E-state index in [9.17, 15) is 9.59 Å². The van der Waals surface area contributed by atoms with E-state index in [-0.39, 0.29) is 28.4 Å². The second-order valence-electron chi connectivity index (χ2n) is 13.5. The van der Waals surface area contributed by atoms with Gasteiger partial charge in [-0.05, 0) is 93.9 Å². The molecule has 36 heavy (non-hydrogen) atoms. The zero-order valence-corrected chi connectivity index (χ0v) is 24.0. The molecule has 8 atom stereocenters. The minimum absolute atomic E-state index is 0.0243. The van der Waals surface area contributed by atoms with Gasteiger partial charge in [0.15, 0.2) is 5.72 Å². The summed E-state index contributed by atoms with van der Waals surface area (Å²) in [5.41, 5.74) is -0.645. The van der Waals surface area contributed by atoms with Crippen molar-refractivity contribution in [3.05, 3.63) is 0 Å². The van der Waals surface area contributed by atoms with Gasteiger partial charge in [0.2, 0.25) is 0 Å². The molecule has 0 aromatic rings. The largest absolute Gasteiger partial charge is 0.459 e. The normalized spacial score (nSPS) is 43.4. The maximum Gasteiger partial charge on any atom is 0.307 e. The van der Waals surface area contributed by atoms with Crippen LogP contribution in [-0.4, -0.2) is 29.8 Å². The van der Waals surface area contributed by atoms with Crippen molar-refractivity contribution in [2.75, 3.05) is 6.54 Å². The van der Waals surface area contributed by atoms with Gasteiger partial charge in [-0.15, -0.1) is 0 Å². The van der Waals surface area contributed by atoms with E-state index in [0.29, 0.717) is 36.5 Å². The number of unbranched alkanes of at least 4 members (excludes halogenated alkanes) is 3. The number of nitrogens with one attached hydrogen (secondary N) is 1. The Hall–Kier alpha value is -1.10. The highest BCUT2D eigenvalue weighted by molar-refractivity contribution is 5.70. The SMILES string of the molecule is CCCCCCN[C@]1(OC(=O)CC)CC[C@H]2[C@@H]3CC[C@H]4C[C@@](C)(OC(=O)CC)C[C@]4(C)[C@H]3CC[C@@]21C. The lowest BCUT2D eigenvalue weighted by Gasteiger charge is -2.59. The standard InChI is InChI=1S/C31H53NO4/c1-7-10-11-12-19-32-31(36-27(34)9-3)18-16-25-23-14-13-22-20-28(4,35-26(33)8-2)21-29(22,5)24(23)15-17-30(25,31)6/h22-25,32H,7-21H2,1-6H3/t22-,23+,24-,25-,28+,29-,30-,31-/m0/s1. The number of carbonyl (C=O) groups is 2. The van der Waals surface area contributed by atoms with Crippen molar-refractivity contribution in [2.24, 2.45) is 34.5 Å². The molecule has 4 rings (SSSR count). The highest BCUT2D eigenvalue weighted by Crippen LogP contribution is 2.70. The minimum Gasteiger partial charge on any atom is -0.459 e. The third kappa shape index (κ3) is 4.76. The number of rotatable bonds is 10. The van der Waals surface area contributed by atoms with E-state index in [1.807, 2.05) is 13.8 Å². The first-order valence-corrected chi connectivity index (χ1v) is 15.2. The summed E-state index contributed by atoms with van der Waals surface area (Å²) in [6, 6.07) is 0. The van der Waals surface area contributed by atoms with Gasteiger partial charge in [-0.1, -0.05) is 53.9 Å². The van der Waals surface area contributed by atoms with Gasteiger partial charge in [0.05, 0.1) is 0 Å². The molecule has 0 radical (unpaired) electrons. The second-order valence-corrected chi connectivity index (χ2v) is 13.5. The van der Waals surface area contributed by atoms with Gasteiger partial charge in [-0.3, -0.25) is 14.9 Å². The van der Waals surface area contributed by atoms with Crippen LogP contribution in [-0.2, 0) is 19.1 Å². The van der Waals surface area contributed by atoms with E-state index in [1.54, 1.807) is 0 Å². The summed E-state index contributed by atoms with van der Waals surface area (Å²) in [4.78, 5) is 24.9. The van der Waals surface area contributed by atoms with Crippen LogP contribution in [0, 0.1) is 34.5 Å². The van der Waals surface area contributed by atoms with Crippen molar-refractivity contribution < 1.29 is 19.1 Å². The van der Waals surface area contributed by atoms with Gasteiger partial charge < -0.3 is 9.47 Å². The van der Waals surface area contributed by atoms with Crippen LogP contribution in [0.3, 0.4) is 0 Å². The minimum atomic E-state index is -0.527. The molecule has 0 aliphatic heterocycles. The lowest BCUT2D eigenvalue weighted by molar-refractivity contribution is -0.196. The molecule has 0 bridgehead atoms. The average Bonchev–Trinajstić information content (AvgIpc) is 3.28. The molecule has 0 aromatic carbocycles. The fourth-order valence-corrected chi connectivity index (χ4v) is 9.57. The number of hydrogen-bond acceptors (Lipinski definition) is 5. The quantitative estimate of drug-likeness (QED) is 0.194. The predicted octanol–water partition coefficient (Wildman–Crippen LogP) is 7.17. The van der Waals surface area contributed by atoms with Crippen molar-refractivity contribution in [3.63, 3.8) is 0 Å². The van der Waals surface area contributed by atoms with E-state index in [0.717, 1.165) is 45.1 Å². The molecule has 0 spiro atoms. The third-order valence-corrected chi connectivity index (χ3v) is 11.3. The summed E-state index contributed by atoms with van der Waals surface area (Å²) in [5, 5.41) is 3.85. The molecular formula is C31H53NO4. The van der Waals surface area contributed by atoms with Crippen LogP contribution in [0.25, 0.3) is 0 Å². The highest BCUT2D eigenvalue weighted by Gasteiger charge is 2.68. The fraction of sp³-hybridized carbons (Fsp3) is 0.935. The van der Waals surface area contributed by atoms with Gasteiger partial charge >= 0.3 is 11.9 Å². The van der Waals surface area contributed by atoms with Crippen LogP contribution < -0.4 is 5.32 Å². The fourth-order valence-electron chi connectivity index (χ4n) is 9.57. The first kappa shape index (κ1) is 27.9. The Morgan fingerprint density at radius 1 is 0.833 bits per heavy atom. The number of ether oxygens (including phenoxy) is 2. The first-order valence-electron chi connectivity index (χ1n) is 15.2. The highest BCUT2D eigenvalue weighted by atomic mass is 16.6. The van der Waals surface area contributed by atoms with Crippen LogP contribution in [0.2, 0.25) is 0 Å². The van der Waals surface area contributed by atoms with E-state index in [2.05, 4.69) is 33.0 Å². The molecule has 0 unspecified atom stereocenters. The number of fused-ring (bicyclic) bond motifs is 5. The lowest BCUT2D eigenvalue weighted by Crippen LogP contribution is -2.62. The Bertz CT molecular complexity index is 814. The Labute approximate surface area is 220 Å². The van der Waals surface area contributed by atoms with Crippen LogP contribution >= 0.6 is 0 Å². The summed E-state index contributed by atoms with van der Waals surface area (Å²) >= 11 is 0. The van der Waals surface area contributed by atoms with Crippen molar-refractivity contribution in [1.29, 1.82) is 0 Å². The molecule has 4 saturated carbocycles. The third-order valence-electron chi connectivity index (χ3n) is 11.3. The Morgan fingerprint density at radius 2 is 1.53 bits per heavy atom. The zero-order valence-electron chi connectivity index (χ0n) is 24.0. The molecule has 5 nitrogen and oxygen atoms in total. The summed E-state index contributed by atoms with van der Waals surface area (Å²) < 4.78 is 12.4. The van der Waals surface area contributed by atoms with E-state index in [4.69, 9.17) is 9.47 Å². The van der Waals surface area contributed by atoms with Crippen molar-refractivity contribution in [3.8, 4) is 0 Å². The van der Waals surface area contributed by atoms with Gasteiger partial charge in [0.1, 0.15) is 5.60 Å². The van der Waals surface area contributed by atoms with Gasteiger partial charge in [-0.25, -0.2) is 0 Å². The van der Waals surface area contributed by atoms with Crippen molar-refractivity contribution in [1.82, 2.24) is 5.32 Å². The molecule has 1 N–H and O–H groups in total. The predicted molar refractivity (Wildman–Crippen MR) is 143 cm³/mol. The van der Waals surface area contributed by atoms with Crippen LogP contribution in [0.1, 0.15) is 131 Å². The second kappa shape index (κ2) is 10.6. The Morgan fingerprint density at radius 3 is 2.22 bits per heavy atom. The summed E-state index contributed by atoms with van der Waals surface area (Å²) in [6.07, 6.45) is 14.6. The van der Waals surface area contributed by atoms with Gasteiger partial charge in [0.25, 0.3) is 0 Å². The van der Waals surface area contributed by atoms with Gasteiger partial charge in [-0.2, -0.15) is 0 Å². The van der Waals surface area contributed by atoms with Crippen LogP contribution in [0.15, 0.2) is 0 Å². The van der Waals surface area contributed by atoms with Crippen LogP contribution in [0.5, 0.6) is 0 Å². The molecule has 206 valence electrons. The molecular weight excluding hydrogens is 450 g/mol. The molecule has 0 aromatic heterocycles. The van der Waals surface area contributed by atoms with Crippen LogP contribution in [0.4, 0.5) is 0 Å². The van der Waals surface area contributed by atoms with E-state index >= 15 is 0 Å². The van der Waals surface area contributed by atoms with E-state index < -0.39 is 5.72 Å². The zero-order chi connectivity index (χ0) is 26.2. The molecule has 5 heteroatoms. The number of carbonyl (C=O) groups excluding carboxylic acids is 2. The summed E-state index contributed by atoms with van der Waals surface area (Å²) in [7, 11) is 0. The lowest BCUT2D eigenvalue weighted by atomic mass is 9.47. The Balaban J connectivity index is 1.54. The van der Waals surface area contributed by atoms with Crippen molar-refractivity contribution >= 4 is 11.9 Å². The Kier molecular flexibility index (Phi) is 8.20. The monoisotopic (exact) mass is 503 g/mol. The number of hydrogen-bond donors (Lipinski definition) is 1. The molecule has 0 heterocycles. The van der Waals surface area contributed by atoms with Crippen molar-refractivity contribution in [2.45, 2.75) is 143 Å². The molecule has 4 fully saturated rings.